The fourth-order valence-corrected chi connectivity index (χ4v) is 1.62. The summed E-state index contributed by atoms with van der Waals surface area (Å²) in [5, 5.41) is 15.5. The maximum Gasteiger partial charge on any atom is 0.280 e. The molecule has 0 saturated heterocycles. The molecule has 20 heavy (non-hydrogen) atoms. The lowest BCUT2D eigenvalue weighted by molar-refractivity contribution is 0.0773. The van der Waals surface area contributed by atoms with E-state index in [0.717, 1.165) is 0 Å². The first-order chi connectivity index (χ1) is 9.52. The smallest absolute Gasteiger partial charge is 0.280 e. The molecule has 2 rings (SSSR count). The summed E-state index contributed by atoms with van der Waals surface area (Å²) in [5.41, 5.74) is 5.81. The lowest BCUT2D eigenvalue weighted by Crippen LogP contribution is -2.27. The van der Waals surface area contributed by atoms with Gasteiger partial charge in [0.05, 0.1) is 11.6 Å². The molecular weight excluding hydrogens is 265 g/mol. The van der Waals surface area contributed by atoms with Gasteiger partial charge in [-0.1, -0.05) is 0 Å². The van der Waals surface area contributed by atoms with Gasteiger partial charge >= 0.3 is 0 Å². The minimum absolute atomic E-state index is 0.0352. The summed E-state index contributed by atoms with van der Waals surface area (Å²) in [7, 11) is 1.45. The van der Waals surface area contributed by atoms with Gasteiger partial charge in [0.15, 0.2) is 0 Å². The highest BCUT2D eigenvalue weighted by molar-refractivity contribution is 5.95. The molecule has 8 heteroatoms. The molecule has 0 radical (unpaired) electrons. The molecule has 0 aliphatic heterocycles. The molecule has 0 atom stereocenters. The standard InChI is InChI=1S/C12H10FN5O2/c1-18(12(19)10-11(15)17-20-16-10)6-8-4-7(5-14)2-3-9(8)13/h2-4H,6H2,1H3,(H2,15,17). The monoisotopic (exact) mass is 275 g/mol. The molecule has 0 spiro atoms. The second-order valence-corrected chi connectivity index (χ2v) is 4.08. The van der Waals surface area contributed by atoms with Crippen LogP contribution in [0.5, 0.6) is 0 Å². The number of carbonyl (C=O) groups excluding carboxylic acids is 1. The molecule has 0 aliphatic rings. The van der Waals surface area contributed by atoms with E-state index in [2.05, 4.69) is 14.9 Å². The van der Waals surface area contributed by atoms with E-state index in [4.69, 9.17) is 11.0 Å². The van der Waals surface area contributed by atoms with Crippen molar-refractivity contribution in [2.75, 3.05) is 12.8 Å². The number of nitrogens with two attached hydrogens (primary N) is 1. The van der Waals surface area contributed by atoms with E-state index in [1.54, 1.807) is 0 Å². The lowest BCUT2D eigenvalue weighted by atomic mass is 10.1. The topological polar surface area (TPSA) is 109 Å². The van der Waals surface area contributed by atoms with Crippen LogP contribution in [-0.2, 0) is 6.54 Å². The third-order valence-corrected chi connectivity index (χ3v) is 2.65. The van der Waals surface area contributed by atoms with Gasteiger partial charge in [0.25, 0.3) is 5.91 Å². The third-order valence-electron chi connectivity index (χ3n) is 2.65. The number of benzene rings is 1. The van der Waals surface area contributed by atoms with Gasteiger partial charge < -0.3 is 10.6 Å². The summed E-state index contributed by atoms with van der Waals surface area (Å²) in [6.07, 6.45) is 0. The molecule has 102 valence electrons. The molecule has 0 unspecified atom stereocenters. The highest BCUT2D eigenvalue weighted by atomic mass is 19.1. The van der Waals surface area contributed by atoms with Gasteiger partial charge in [0.1, 0.15) is 5.82 Å². The molecule has 0 fully saturated rings. The number of halogens is 1. The number of anilines is 1. The first-order valence-electron chi connectivity index (χ1n) is 5.55. The summed E-state index contributed by atoms with van der Waals surface area (Å²) in [6, 6.07) is 5.82. The number of hydrogen-bond donors (Lipinski definition) is 1. The summed E-state index contributed by atoms with van der Waals surface area (Å²) in [4.78, 5) is 13.2. The third kappa shape index (κ3) is 2.56. The normalized spacial score (nSPS) is 10.1. The minimum atomic E-state index is -0.550. The zero-order valence-electron chi connectivity index (χ0n) is 10.5. The van der Waals surface area contributed by atoms with Gasteiger partial charge in [0, 0.05) is 19.2 Å². The molecule has 1 aromatic carbocycles. The SMILES string of the molecule is CN(Cc1cc(C#N)ccc1F)C(=O)c1nonc1N. The van der Waals surface area contributed by atoms with Crippen LogP contribution in [0.25, 0.3) is 0 Å². The van der Waals surface area contributed by atoms with Crippen molar-refractivity contribution in [2.45, 2.75) is 6.54 Å². The molecule has 1 amide bonds. The van der Waals surface area contributed by atoms with Crippen LogP contribution in [0.4, 0.5) is 10.2 Å². The fourth-order valence-electron chi connectivity index (χ4n) is 1.62. The molecular formula is C12H10FN5O2. The zero-order valence-corrected chi connectivity index (χ0v) is 10.5. The van der Waals surface area contributed by atoms with Crippen LogP contribution in [0, 0.1) is 17.1 Å². The maximum atomic E-state index is 13.6. The Labute approximate surface area is 113 Å². The van der Waals surface area contributed by atoms with E-state index in [1.165, 1.54) is 30.1 Å². The lowest BCUT2D eigenvalue weighted by Gasteiger charge is -2.16. The van der Waals surface area contributed by atoms with Crippen LogP contribution in [0.3, 0.4) is 0 Å². The highest BCUT2D eigenvalue weighted by Crippen LogP contribution is 2.14. The Hall–Kier alpha value is -2.95. The number of hydrogen-bond acceptors (Lipinski definition) is 6. The van der Waals surface area contributed by atoms with Crippen molar-refractivity contribution in [3.05, 3.63) is 40.8 Å². The second kappa shape index (κ2) is 5.36. The van der Waals surface area contributed by atoms with Crippen molar-refractivity contribution in [3.8, 4) is 6.07 Å². The molecule has 2 N–H and O–H groups in total. The Bertz CT molecular complexity index is 691. The number of aromatic nitrogens is 2. The zero-order chi connectivity index (χ0) is 14.7. The van der Waals surface area contributed by atoms with Crippen LogP contribution < -0.4 is 5.73 Å². The number of carbonyl (C=O) groups is 1. The Morgan fingerprint density at radius 1 is 1.55 bits per heavy atom. The van der Waals surface area contributed by atoms with Gasteiger partial charge in [-0.15, -0.1) is 0 Å². The minimum Gasteiger partial charge on any atom is -0.379 e. The molecule has 1 heterocycles. The molecule has 1 aromatic heterocycles. The maximum absolute atomic E-state index is 13.6. The van der Waals surface area contributed by atoms with Crippen LogP contribution in [0.1, 0.15) is 21.6 Å². The summed E-state index contributed by atoms with van der Waals surface area (Å²) in [5.74, 6) is -1.19. The average Bonchev–Trinajstić information content (AvgIpc) is 2.86. The Morgan fingerprint density at radius 3 is 2.90 bits per heavy atom. The van der Waals surface area contributed by atoms with Crippen molar-refractivity contribution < 1.29 is 13.8 Å². The Kier molecular flexibility index (Phi) is 3.61. The van der Waals surface area contributed by atoms with Gasteiger partial charge in [0.2, 0.25) is 11.5 Å². The fraction of sp³-hybridized carbons (Fsp3) is 0.167. The van der Waals surface area contributed by atoms with E-state index in [-0.39, 0.29) is 23.6 Å². The van der Waals surface area contributed by atoms with Crippen molar-refractivity contribution >= 4 is 11.7 Å². The van der Waals surface area contributed by atoms with E-state index in [1.807, 2.05) is 6.07 Å². The molecule has 2 aromatic rings. The van der Waals surface area contributed by atoms with Crippen molar-refractivity contribution in [1.29, 1.82) is 5.26 Å². The number of nitrogen functional groups attached to an aromatic ring is 1. The predicted molar refractivity (Wildman–Crippen MR) is 65.6 cm³/mol. The van der Waals surface area contributed by atoms with Crippen molar-refractivity contribution in [3.63, 3.8) is 0 Å². The van der Waals surface area contributed by atoms with Crippen LogP contribution in [0.2, 0.25) is 0 Å². The van der Waals surface area contributed by atoms with Gasteiger partial charge in [-0.05, 0) is 28.5 Å². The number of nitriles is 1. The highest BCUT2D eigenvalue weighted by Gasteiger charge is 2.21. The van der Waals surface area contributed by atoms with Crippen molar-refractivity contribution in [2.24, 2.45) is 0 Å². The molecule has 0 bridgehead atoms. The Morgan fingerprint density at radius 2 is 2.30 bits per heavy atom. The van der Waals surface area contributed by atoms with Gasteiger partial charge in [-0.3, -0.25) is 4.79 Å². The number of nitrogens with zero attached hydrogens (tertiary/aromatic N) is 4. The average molecular weight is 275 g/mol. The number of amides is 1. The van der Waals surface area contributed by atoms with E-state index < -0.39 is 11.7 Å². The molecule has 7 nitrogen and oxygen atoms in total. The second-order valence-electron chi connectivity index (χ2n) is 4.08. The van der Waals surface area contributed by atoms with Crippen molar-refractivity contribution in [1.82, 2.24) is 15.2 Å². The van der Waals surface area contributed by atoms with E-state index in [9.17, 15) is 9.18 Å². The van der Waals surface area contributed by atoms with E-state index in [0.29, 0.717) is 5.56 Å². The molecule has 0 aliphatic carbocycles. The van der Waals surface area contributed by atoms with Crippen LogP contribution >= 0.6 is 0 Å². The van der Waals surface area contributed by atoms with E-state index >= 15 is 0 Å². The molecule has 0 saturated carbocycles. The summed E-state index contributed by atoms with van der Waals surface area (Å²) < 4.78 is 18.0. The predicted octanol–water partition coefficient (Wildman–Crippen LogP) is 0.935. The first kappa shape index (κ1) is 13.5. The van der Waals surface area contributed by atoms with Gasteiger partial charge in [-0.2, -0.15) is 5.26 Å². The van der Waals surface area contributed by atoms with Gasteiger partial charge in [-0.25, -0.2) is 9.02 Å². The summed E-state index contributed by atoms with van der Waals surface area (Å²) in [6.45, 7) is -0.0352. The quantitative estimate of drug-likeness (QED) is 0.892. The summed E-state index contributed by atoms with van der Waals surface area (Å²) >= 11 is 0. The largest absolute Gasteiger partial charge is 0.379 e. The van der Waals surface area contributed by atoms with Crippen LogP contribution in [0.15, 0.2) is 22.8 Å². The van der Waals surface area contributed by atoms with Crippen LogP contribution in [-0.4, -0.2) is 28.2 Å². The number of rotatable bonds is 3. The first-order valence-corrected chi connectivity index (χ1v) is 5.55. The Balaban J connectivity index is 2.20.